The van der Waals surface area contributed by atoms with Crippen LogP contribution in [0.2, 0.25) is 0 Å². The summed E-state index contributed by atoms with van der Waals surface area (Å²) in [6.45, 7) is 2.94. The molecule has 0 aliphatic heterocycles. The normalized spacial score (nSPS) is 18.5. The summed E-state index contributed by atoms with van der Waals surface area (Å²) in [6.07, 6.45) is 0. The van der Waals surface area contributed by atoms with Crippen LogP contribution in [0, 0.1) is 0 Å². The van der Waals surface area contributed by atoms with Gasteiger partial charge in [-0.3, -0.25) is 9.36 Å². The summed E-state index contributed by atoms with van der Waals surface area (Å²) in [4.78, 5) is 10.8. The maximum absolute atomic E-state index is 11.4. The highest BCUT2D eigenvalue weighted by Crippen LogP contribution is 2.47. The van der Waals surface area contributed by atoms with Gasteiger partial charge in [0.1, 0.15) is 5.66 Å². The molecule has 0 bridgehead atoms. The molecule has 2 unspecified atom stereocenters. The van der Waals surface area contributed by atoms with Crippen molar-refractivity contribution in [1.82, 2.24) is 0 Å². The van der Waals surface area contributed by atoms with Crippen LogP contribution >= 0.6 is 7.37 Å². The Morgan fingerprint density at radius 3 is 2.18 bits per heavy atom. The fourth-order valence-electron chi connectivity index (χ4n) is 0.520. The Bertz CT molecular complexity index is 189. The first-order valence-corrected chi connectivity index (χ1v) is 5.30. The first-order valence-electron chi connectivity index (χ1n) is 3.16. The van der Waals surface area contributed by atoms with Crippen molar-refractivity contribution < 1.29 is 18.6 Å². The van der Waals surface area contributed by atoms with Gasteiger partial charge in [-0.15, -0.1) is 0 Å². The number of esters is 1. The topological polar surface area (TPSA) is 52.6 Å². The zero-order valence-corrected chi connectivity index (χ0v) is 8.05. The largest absolute Gasteiger partial charge is 0.468 e. The fourth-order valence-corrected chi connectivity index (χ4v) is 1.32. The van der Waals surface area contributed by atoms with Crippen molar-refractivity contribution >= 4 is 13.3 Å². The summed E-state index contributed by atoms with van der Waals surface area (Å²) < 4.78 is 20.4. The maximum atomic E-state index is 11.4. The van der Waals surface area contributed by atoms with Crippen LogP contribution in [0.3, 0.4) is 0 Å². The Hall–Kier alpha value is -0.340. The van der Waals surface area contributed by atoms with E-state index in [-0.39, 0.29) is 0 Å². The molecule has 66 valence electrons. The minimum Gasteiger partial charge on any atom is -0.468 e. The van der Waals surface area contributed by atoms with Crippen LogP contribution in [0.4, 0.5) is 0 Å². The third-order valence-corrected chi connectivity index (χ3v) is 3.95. The van der Waals surface area contributed by atoms with Gasteiger partial charge in [0.05, 0.1) is 7.11 Å². The molecule has 0 radical (unpaired) electrons. The third kappa shape index (κ3) is 2.64. The summed E-state index contributed by atoms with van der Waals surface area (Å²) in [5.41, 5.74) is -0.683. The van der Waals surface area contributed by atoms with E-state index in [9.17, 15) is 9.36 Å². The minimum atomic E-state index is -2.81. The van der Waals surface area contributed by atoms with Crippen LogP contribution < -0.4 is 0 Å². The molecule has 0 rings (SSSR count). The molecule has 0 saturated carbocycles. The Morgan fingerprint density at radius 1 is 1.45 bits per heavy atom. The number of carbonyl (C=O) groups excluding carboxylic acids is 1. The van der Waals surface area contributed by atoms with Crippen LogP contribution in [0.15, 0.2) is 0 Å². The van der Waals surface area contributed by atoms with Crippen molar-refractivity contribution in [3.63, 3.8) is 0 Å². The number of rotatable bonds is 3. The van der Waals surface area contributed by atoms with Gasteiger partial charge in [0.15, 0.2) is 0 Å². The molecule has 0 saturated heterocycles. The molecule has 0 aliphatic rings. The van der Waals surface area contributed by atoms with Gasteiger partial charge in [-0.05, 0) is 6.92 Å². The van der Waals surface area contributed by atoms with Gasteiger partial charge in [-0.2, -0.15) is 0 Å². The predicted molar refractivity (Wildman–Crippen MR) is 42.0 cm³/mol. The molecule has 0 heterocycles. The van der Waals surface area contributed by atoms with Crippen LogP contribution in [0.25, 0.3) is 0 Å². The molecule has 0 aromatic rings. The van der Waals surface area contributed by atoms with Crippen molar-refractivity contribution in [2.45, 2.75) is 12.6 Å². The maximum Gasteiger partial charge on any atom is 0.318 e. The molecule has 2 atom stereocenters. The number of hydrogen-bond donors (Lipinski definition) is 0. The average Bonchev–Trinajstić information content (AvgIpc) is 2.01. The Balaban J connectivity index is 4.35. The van der Waals surface area contributed by atoms with E-state index in [0.717, 1.165) is 0 Å². The minimum absolute atomic E-state index is 0.502. The predicted octanol–water partition coefficient (Wildman–Crippen LogP) is 1.10. The lowest BCUT2D eigenvalue weighted by molar-refractivity contribution is -0.139. The van der Waals surface area contributed by atoms with Crippen LogP contribution in [0.5, 0.6) is 0 Å². The fraction of sp³-hybridized carbons (Fsp3) is 0.833. The van der Waals surface area contributed by atoms with Gasteiger partial charge >= 0.3 is 5.97 Å². The van der Waals surface area contributed by atoms with Crippen LogP contribution in [-0.4, -0.2) is 32.5 Å². The highest BCUT2D eigenvalue weighted by atomic mass is 31.2. The Kier molecular flexibility index (Phi) is 3.76. The van der Waals surface area contributed by atoms with Crippen LogP contribution in [0.1, 0.15) is 6.92 Å². The molecular formula is C6H13O4P. The van der Waals surface area contributed by atoms with E-state index in [1.54, 1.807) is 0 Å². The second-order valence-corrected chi connectivity index (χ2v) is 5.25. The zero-order valence-electron chi connectivity index (χ0n) is 7.16. The Labute approximate surface area is 66.3 Å². The lowest BCUT2D eigenvalue weighted by atomic mass is 10.5. The number of carbonyl (C=O) groups is 1. The average molecular weight is 180 g/mol. The monoisotopic (exact) mass is 180 g/mol. The van der Waals surface area contributed by atoms with E-state index in [1.165, 1.54) is 27.8 Å². The molecule has 5 heteroatoms. The second-order valence-electron chi connectivity index (χ2n) is 2.29. The van der Waals surface area contributed by atoms with E-state index in [0.29, 0.717) is 0 Å². The quantitative estimate of drug-likeness (QED) is 0.482. The standard InChI is InChI=1S/C6H13O4P/c1-5(6(7)9-2)11(4,8)10-3/h5H,1-4H3. The molecule has 0 aliphatic carbocycles. The van der Waals surface area contributed by atoms with Gasteiger partial charge in [-0.25, -0.2) is 0 Å². The zero-order chi connectivity index (χ0) is 9.07. The first-order chi connectivity index (χ1) is 4.95. The summed E-state index contributed by atoms with van der Waals surface area (Å²) in [7, 11) is -0.234. The van der Waals surface area contributed by atoms with Gasteiger partial charge in [0.25, 0.3) is 0 Å². The first kappa shape index (κ1) is 10.7. The highest BCUT2D eigenvalue weighted by molar-refractivity contribution is 7.59. The van der Waals surface area contributed by atoms with Gasteiger partial charge < -0.3 is 9.26 Å². The van der Waals surface area contributed by atoms with Gasteiger partial charge in [-0.1, -0.05) is 0 Å². The Morgan fingerprint density at radius 2 is 1.91 bits per heavy atom. The number of methoxy groups -OCH3 is 1. The van der Waals surface area contributed by atoms with Gasteiger partial charge in [0, 0.05) is 13.8 Å². The molecule has 0 aromatic heterocycles. The summed E-state index contributed by atoms with van der Waals surface area (Å²) in [6, 6.07) is 0. The summed E-state index contributed by atoms with van der Waals surface area (Å²) >= 11 is 0. The SMILES string of the molecule is COC(=O)C(C)P(C)(=O)OC. The van der Waals surface area contributed by atoms with E-state index < -0.39 is 19.0 Å². The van der Waals surface area contributed by atoms with E-state index in [2.05, 4.69) is 9.26 Å². The van der Waals surface area contributed by atoms with E-state index in [4.69, 9.17) is 0 Å². The lowest BCUT2D eigenvalue weighted by Crippen LogP contribution is -2.19. The second kappa shape index (κ2) is 3.88. The van der Waals surface area contributed by atoms with Crippen LogP contribution in [-0.2, 0) is 18.6 Å². The molecule has 0 aromatic carbocycles. The van der Waals surface area contributed by atoms with Crippen molar-refractivity contribution in [2.24, 2.45) is 0 Å². The number of hydrogen-bond acceptors (Lipinski definition) is 4. The molecule has 0 spiro atoms. The summed E-state index contributed by atoms with van der Waals surface area (Å²) in [5.74, 6) is -0.502. The van der Waals surface area contributed by atoms with E-state index in [1.807, 2.05) is 0 Å². The van der Waals surface area contributed by atoms with Crippen molar-refractivity contribution in [2.75, 3.05) is 20.9 Å². The third-order valence-electron chi connectivity index (χ3n) is 1.61. The summed E-state index contributed by atoms with van der Waals surface area (Å²) in [5, 5.41) is 0. The molecule has 0 N–H and O–H groups in total. The molecule has 0 amide bonds. The van der Waals surface area contributed by atoms with E-state index >= 15 is 0 Å². The molecule has 0 fully saturated rings. The molecule has 11 heavy (non-hydrogen) atoms. The smallest absolute Gasteiger partial charge is 0.318 e. The molecular weight excluding hydrogens is 167 g/mol. The molecule has 4 nitrogen and oxygen atoms in total. The highest BCUT2D eigenvalue weighted by Gasteiger charge is 2.30. The number of ether oxygens (including phenoxy) is 1. The van der Waals surface area contributed by atoms with Crippen molar-refractivity contribution in [1.29, 1.82) is 0 Å². The van der Waals surface area contributed by atoms with Crippen molar-refractivity contribution in [3.8, 4) is 0 Å². The van der Waals surface area contributed by atoms with Gasteiger partial charge in [0.2, 0.25) is 7.37 Å². The lowest BCUT2D eigenvalue weighted by Gasteiger charge is -2.15. The van der Waals surface area contributed by atoms with Crippen molar-refractivity contribution in [3.05, 3.63) is 0 Å².